The molecule has 0 aliphatic heterocycles. The van der Waals surface area contributed by atoms with Gasteiger partial charge in [0.25, 0.3) is 0 Å². The fourth-order valence-electron chi connectivity index (χ4n) is 2.27. The average Bonchev–Trinajstić information content (AvgIpc) is 2.66. The molecule has 1 unspecified atom stereocenters. The first-order valence-electron chi connectivity index (χ1n) is 6.10. The van der Waals surface area contributed by atoms with Crippen molar-refractivity contribution in [2.45, 2.75) is 24.6 Å². The van der Waals surface area contributed by atoms with Crippen LogP contribution in [0.25, 0.3) is 10.9 Å². The minimum Gasteiger partial charge on any atom is -0.359 e. The molecule has 1 heterocycles. The Morgan fingerprint density at radius 2 is 2.05 bits per heavy atom. The molecule has 1 aliphatic carbocycles. The van der Waals surface area contributed by atoms with E-state index in [0.29, 0.717) is 6.42 Å². The quantitative estimate of drug-likeness (QED) is 0.809. The summed E-state index contributed by atoms with van der Waals surface area (Å²) in [5.41, 5.74) is 2.21. The van der Waals surface area contributed by atoms with Crippen LogP contribution in [0.15, 0.2) is 24.3 Å². The highest BCUT2D eigenvalue weighted by molar-refractivity contribution is 6.53. The van der Waals surface area contributed by atoms with E-state index < -0.39 is 9.75 Å². The molecule has 0 bridgehead atoms. The predicted molar refractivity (Wildman–Crippen MR) is 78.8 cm³/mol. The summed E-state index contributed by atoms with van der Waals surface area (Å²) >= 11 is 12.0. The second kappa shape index (κ2) is 3.90. The summed E-state index contributed by atoms with van der Waals surface area (Å²) in [7, 11) is 0. The number of aromatic nitrogens is 1. The maximum absolute atomic E-state index is 12.2. The van der Waals surface area contributed by atoms with Gasteiger partial charge in [-0.05, 0) is 44.5 Å². The highest BCUT2D eigenvalue weighted by Crippen LogP contribution is 2.64. The number of carbonyl (C=O) groups excluding carboxylic acids is 1. The van der Waals surface area contributed by atoms with Crippen LogP contribution in [0.1, 0.15) is 19.0 Å². The lowest BCUT2D eigenvalue weighted by molar-refractivity contribution is -0.120. The van der Waals surface area contributed by atoms with Crippen LogP contribution in [0.3, 0.4) is 0 Å². The van der Waals surface area contributed by atoms with Gasteiger partial charge in [-0.25, -0.2) is 0 Å². The van der Waals surface area contributed by atoms with E-state index in [1.807, 2.05) is 31.2 Å². The Hall–Kier alpha value is -1.19. The second-order valence-electron chi connectivity index (χ2n) is 5.42. The van der Waals surface area contributed by atoms with Gasteiger partial charge in [-0.2, -0.15) is 0 Å². The van der Waals surface area contributed by atoms with Crippen molar-refractivity contribution in [2.24, 2.45) is 5.41 Å². The van der Waals surface area contributed by atoms with E-state index in [4.69, 9.17) is 23.2 Å². The number of nitrogens with one attached hydrogen (secondary N) is 2. The number of halogens is 2. The van der Waals surface area contributed by atoms with E-state index in [1.165, 1.54) is 0 Å². The van der Waals surface area contributed by atoms with Gasteiger partial charge in [-0.3, -0.25) is 4.79 Å². The molecular formula is C14H14Cl2N2O. The third-order valence-electron chi connectivity index (χ3n) is 3.77. The topological polar surface area (TPSA) is 44.9 Å². The van der Waals surface area contributed by atoms with Crippen molar-refractivity contribution in [3.05, 3.63) is 30.0 Å². The number of aryl methyl sites for hydroxylation is 1. The molecule has 3 nitrogen and oxygen atoms in total. The standard InChI is InChI=1S/C14H14Cl2N2O/c1-8-5-9-6-10(3-4-11(9)17-8)18-12(19)13(2)7-14(13,15)16/h3-6,17H,7H2,1-2H3,(H,18,19). The molecule has 2 N–H and O–H groups in total. The molecule has 1 aromatic carbocycles. The van der Waals surface area contributed by atoms with Crippen molar-refractivity contribution >= 4 is 45.7 Å². The lowest BCUT2D eigenvalue weighted by atomic mass is 10.1. The van der Waals surface area contributed by atoms with Gasteiger partial charge in [0.15, 0.2) is 0 Å². The van der Waals surface area contributed by atoms with Gasteiger partial charge in [0.1, 0.15) is 4.33 Å². The Bertz CT molecular complexity index is 677. The summed E-state index contributed by atoms with van der Waals surface area (Å²) in [5.74, 6) is -0.135. The molecule has 2 aromatic rings. The van der Waals surface area contributed by atoms with Crippen molar-refractivity contribution < 1.29 is 4.79 Å². The zero-order chi connectivity index (χ0) is 13.8. The van der Waals surface area contributed by atoms with Gasteiger partial charge in [-0.15, -0.1) is 23.2 Å². The van der Waals surface area contributed by atoms with Crippen LogP contribution in [0, 0.1) is 12.3 Å². The Morgan fingerprint density at radius 1 is 1.37 bits per heavy atom. The number of H-pyrrole nitrogens is 1. The Balaban J connectivity index is 1.84. The molecule has 1 atom stereocenters. The van der Waals surface area contributed by atoms with Crippen LogP contribution in [-0.4, -0.2) is 15.2 Å². The van der Waals surface area contributed by atoms with E-state index in [9.17, 15) is 4.79 Å². The first kappa shape index (κ1) is 12.8. The third-order valence-corrected chi connectivity index (χ3v) is 4.87. The van der Waals surface area contributed by atoms with Crippen molar-refractivity contribution in [2.75, 3.05) is 5.32 Å². The molecule has 3 rings (SSSR count). The summed E-state index contributed by atoms with van der Waals surface area (Å²) in [5, 5.41) is 3.95. The molecule has 0 saturated heterocycles. The maximum atomic E-state index is 12.2. The number of benzene rings is 1. The minimum atomic E-state index is -0.939. The number of hydrogen-bond acceptors (Lipinski definition) is 1. The Labute approximate surface area is 121 Å². The van der Waals surface area contributed by atoms with Crippen LogP contribution >= 0.6 is 23.2 Å². The number of amides is 1. The number of alkyl halides is 2. The second-order valence-corrected chi connectivity index (χ2v) is 6.91. The van der Waals surface area contributed by atoms with Crippen LogP contribution in [0.4, 0.5) is 5.69 Å². The fraction of sp³-hybridized carbons (Fsp3) is 0.357. The van der Waals surface area contributed by atoms with Crippen LogP contribution < -0.4 is 5.32 Å². The van der Waals surface area contributed by atoms with Gasteiger partial charge in [-0.1, -0.05) is 0 Å². The van der Waals surface area contributed by atoms with Crippen molar-refractivity contribution in [3.63, 3.8) is 0 Å². The molecule has 100 valence electrons. The van der Waals surface area contributed by atoms with Crippen LogP contribution in [-0.2, 0) is 4.79 Å². The normalized spacial score (nSPS) is 24.4. The molecular weight excluding hydrogens is 283 g/mol. The first-order chi connectivity index (χ1) is 8.82. The van der Waals surface area contributed by atoms with Crippen molar-refractivity contribution in [3.8, 4) is 0 Å². The zero-order valence-corrected chi connectivity index (χ0v) is 12.2. The molecule has 0 radical (unpaired) electrons. The molecule has 1 saturated carbocycles. The fourth-order valence-corrected chi connectivity index (χ4v) is 2.98. The summed E-state index contributed by atoms with van der Waals surface area (Å²) in [4.78, 5) is 15.4. The van der Waals surface area contributed by atoms with E-state index >= 15 is 0 Å². The summed E-state index contributed by atoms with van der Waals surface area (Å²) < 4.78 is -0.939. The molecule has 5 heteroatoms. The maximum Gasteiger partial charge on any atom is 0.233 e. The number of hydrogen-bond donors (Lipinski definition) is 2. The zero-order valence-electron chi connectivity index (χ0n) is 10.7. The predicted octanol–water partition coefficient (Wildman–Crippen LogP) is 4.00. The van der Waals surface area contributed by atoms with Crippen molar-refractivity contribution in [1.82, 2.24) is 4.98 Å². The van der Waals surface area contributed by atoms with Crippen molar-refractivity contribution in [1.29, 1.82) is 0 Å². The summed E-state index contributed by atoms with van der Waals surface area (Å²) in [6.45, 7) is 3.78. The first-order valence-corrected chi connectivity index (χ1v) is 6.86. The highest BCUT2D eigenvalue weighted by Gasteiger charge is 2.67. The van der Waals surface area contributed by atoms with Gasteiger partial charge < -0.3 is 10.3 Å². The van der Waals surface area contributed by atoms with E-state index in [0.717, 1.165) is 22.3 Å². The smallest absolute Gasteiger partial charge is 0.233 e. The molecule has 1 aromatic heterocycles. The summed E-state index contributed by atoms with van der Waals surface area (Å²) in [6.07, 6.45) is 0.487. The SMILES string of the molecule is Cc1cc2cc(NC(=O)C3(C)CC3(Cl)Cl)ccc2[nH]1. The number of anilines is 1. The minimum absolute atomic E-state index is 0.135. The van der Waals surface area contributed by atoms with Crippen LogP contribution in [0.2, 0.25) is 0 Å². The number of rotatable bonds is 2. The largest absolute Gasteiger partial charge is 0.359 e. The Morgan fingerprint density at radius 3 is 2.68 bits per heavy atom. The van der Waals surface area contributed by atoms with E-state index in [-0.39, 0.29) is 5.91 Å². The van der Waals surface area contributed by atoms with Gasteiger partial charge in [0.05, 0.1) is 5.41 Å². The summed E-state index contributed by atoms with van der Waals surface area (Å²) in [6, 6.07) is 7.79. The number of carbonyl (C=O) groups is 1. The molecule has 1 fully saturated rings. The molecule has 1 aliphatic rings. The monoisotopic (exact) mass is 296 g/mol. The van der Waals surface area contributed by atoms with Gasteiger partial charge >= 0.3 is 0 Å². The lowest BCUT2D eigenvalue weighted by Crippen LogP contribution is -2.25. The Kier molecular flexibility index (Phi) is 2.63. The van der Waals surface area contributed by atoms with E-state index in [2.05, 4.69) is 10.3 Å². The lowest BCUT2D eigenvalue weighted by Gasteiger charge is -2.12. The molecule has 0 spiro atoms. The highest BCUT2D eigenvalue weighted by atomic mass is 35.5. The number of aromatic amines is 1. The van der Waals surface area contributed by atoms with Crippen LogP contribution in [0.5, 0.6) is 0 Å². The van der Waals surface area contributed by atoms with Gasteiger partial charge in [0, 0.05) is 22.3 Å². The average molecular weight is 297 g/mol. The molecule has 19 heavy (non-hydrogen) atoms. The van der Waals surface area contributed by atoms with Gasteiger partial charge in [0.2, 0.25) is 5.91 Å². The third kappa shape index (κ3) is 2.01. The van der Waals surface area contributed by atoms with E-state index in [1.54, 1.807) is 6.92 Å². The number of fused-ring (bicyclic) bond motifs is 1. The molecule has 1 amide bonds.